The molecule has 1 heterocycles. The van der Waals surface area contributed by atoms with Crippen LogP contribution in [0, 0.1) is 0 Å². The minimum absolute atomic E-state index is 0.0782. The van der Waals surface area contributed by atoms with Gasteiger partial charge in [-0.15, -0.1) is 0 Å². The minimum atomic E-state index is -3.11. The maximum absolute atomic E-state index is 12.1. The standard InChI is InChI=1S/C15H23NO3S/c1-4-19-15(2,3)11-16-13-9-10-20(17,18)14-8-6-5-7-12(13)14/h5-8,13,16H,4,9-11H2,1-3H3. The van der Waals surface area contributed by atoms with E-state index in [9.17, 15) is 8.42 Å². The van der Waals surface area contributed by atoms with E-state index < -0.39 is 9.84 Å². The van der Waals surface area contributed by atoms with Gasteiger partial charge in [-0.1, -0.05) is 18.2 Å². The number of hydrogen-bond donors (Lipinski definition) is 1. The van der Waals surface area contributed by atoms with Crippen molar-refractivity contribution < 1.29 is 13.2 Å². The fraction of sp³-hybridized carbons (Fsp3) is 0.600. The second-order valence-electron chi connectivity index (χ2n) is 5.77. The summed E-state index contributed by atoms with van der Waals surface area (Å²) < 4.78 is 29.8. The second kappa shape index (κ2) is 5.84. The Morgan fingerprint density at radius 2 is 2.05 bits per heavy atom. The molecular formula is C15H23NO3S. The van der Waals surface area contributed by atoms with E-state index in [1.165, 1.54) is 0 Å². The summed E-state index contributed by atoms with van der Waals surface area (Å²) >= 11 is 0. The SMILES string of the molecule is CCOC(C)(C)CNC1CCS(=O)(=O)c2ccccc21. The van der Waals surface area contributed by atoms with Gasteiger partial charge in [-0.3, -0.25) is 0 Å². The summed E-state index contributed by atoms with van der Waals surface area (Å²) in [4.78, 5) is 0.470. The third kappa shape index (κ3) is 3.40. The van der Waals surface area contributed by atoms with Crippen molar-refractivity contribution in [2.45, 2.75) is 43.7 Å². The number of sulfone groups is 1. The maximum Gasteiger partial charge on any atom is 0.178 e. The van der Waals surface area contributed by atoms with E-state index in [2.05, 4.69) is 5.32 Å². The quantitative estimate of drug-likeness (QED) is 0.906. The lowest BCUT2D eigenvalue weighted by atomic mass is 10.0. The van der Waals surface area contributed by atoms with Crippen LogP contribution in [0.25, 0.3) is 0 Å². The van der Waals surface area contributed by atoms with Gasteiger partial charge in [-0.25, -0.2) is 8.42 Å². The van der Waals surface area contributed by atoms with Gasteiger partial charge in [0.1, 0.15) is 0 Å². The Bertz CT molecular complexity index is 566. The van der Waals surface area contributed by atoms with Crippen molar-refractivity contribution in [2.24, 2.45) is 0 Å². The highest BCUT2D eigenvalue weighted by atomic mass is 32.2. The summed E-state index contributed by atoms with van der Waals surface area (Å²) in [7, 11) is -3.11. The number of rotatable bonds is 5. The van der Waals surface area contributed by atoms with Crippen molar-refractivity contribution in [1.82, 2.24) is 5.32 Å². The summed E-state index contributed by atoms with van der Waals surface area (Å²) in [6, 6.07) is 7.35. The van der Waals surface area contributed by atoms with Gasteiger partial charge in [0.15, 0.2) is 9.84 Å². The molecule has 0 aliphatic carbocycles. The molecule has 2 rings (SSSR count). The molecule has 1 unspecified atom stereocenters. The molecule has 20 heavy (non-hydrogen) atoms. The Kier molecular flexibility index (Phi) is 4.52. The number of benzene rings is 1. The summed E-state index contributed by atoms with van der Waals surface area (Å²) in [5, 5.41) is 3.45. The zero-order valence-electron chi connectivity index (χ0n) is 12.3. The average molecular weight is 297 g/mol. The first-order valence-corrected chi connectivity index (χ1v) is 8.70. The van der Waals surface area contributed by atoms with E-state index in [-0.39, 0.29) is 17.4 Å². The third-order valence-electron chi connectivity index (χ3n) is 3.61. The van der Waals surface area contributed by atoms with Crippen LogP contribution < -0.4 is 5.32 Å². The summed E-state index contributed by atoms with van der Waals surface area (Å²) in [6.45, 7) is 7.42. The van der Waals surface area contributed by atoms with E-state index in [0.29, 0.717) is 24.5 Å². The number of fused-ring (bicyclic) bond motifs is 1. The Hall–Kier alpha value is -0.910. The molecular weight excluding hydrogens is 274 g/mol. The largest absolute Gasteiger partial charge is 0.375 e. The summed E-state index contributed by atoms with van der Waals surface area (Å²) in [5.41, 5.74) is 0.631. The number of ether oxygens (including phenoxy) is 1. The smallest absolute Gasteiger partial charge is 0.178 e. The highest BCUT2D eigenvalue weighted by molar-refractivity contribution is 7.91. The van der Waals surface area contributed by atoms with E-state index in [1.807, 2.05) is 32.9 Å². The fourth-order valence-corrected chi connectivity index (χ4v) is 4.23. The lowest BCUT2D eigenvalue weighted by Gasteiger charge is -2.31. The molecule has 0 saturated carbocycles. The Labute approximate surface area is 121 Å². The molecule has 1 N–H and O–H groups in total. The molecule has 1 atom stereocenters. The van der Waals surface area contributed by atoms with Gasteiger partial charge >= 0.3 is 0 Å². The molecule has 0 bridgehead atoms. The molecule has 0 saturated heterocycles. The minimum Gasteiger partial charge on any atom is -0.375 e. The van der Waals surface area contributed by atoms with Crippen LogP contribution in [0.3, 0.4) is 0 Å². The van der Waals surface area contributed by atoms with Gasteiger partial charge in [0.2, 0.25) is 0 Å². The van der Waals surface area contributed by atoms with Crippen molar-refractivity contribution in [1.29, 1.82) is 0 Å². The van der Waals surface area contributed by atoms with E-state index >= 15 is 0 Å². The van der Waals surface area contributed by atoms with Crippen molar-refractivity contribution >= 4 is 9.84 Å². The summed E-state index contributed by atoms with van der Waals surface area (Å²) in [5.74, 6) is 0.205. The zero-order valence-corrected chi connectivity index (χ0v) is 13.2. The van der Waals surface area contributed by atoms with Gasteiger partial charge in [0.05, 0.1) is 16.2 Å². The first-order chi connectivity index (χ1) is 9.36. The molecule has 1 aromatic carbocycles. The summed E-state index contributed by atoms with van der Waals surface area (Å²) in [6.07, 6.45) is 0.613. The molecule has 0 aromatic heterocycles. The van der Waals surface area contributed by atoms with Crippen LogP contribution in [0.5, 0.6) is 0 Å². The first kappa shape index (κ1) is 15.5. The monoisotopic (exact) mass is 297 g/mol. The van der Waals surface area contributed by atoms with Crippen LogP contribution in [0.15, 0.2) is 29.2 Å². The van der Waals surface area contributed by atoms with Crippen LogP contribution in [0.1, 0.15) is 38.8 Å². The van der Waals surface area contributed by atoms with Gasteiger partial charge in [-0.05, 0) is 38.8 Å². The van der Waals surface area contributed by atoms with Crippen molar-refractivity contribution in [3.63, 3.8) is 0 Å². The Morgan fingerprint density at radius 1 is 1.35 bits per heavy atom. The highest BCUT2D eigenvalue weighted by Crippen LogP contribution is 2.32. The highest BCUT2D eigenvalue weighted by Gasteiger charge is 2.30. The lowest BCUT2D eigenvalue weighted by molar-refractivity contribution is -0.0108. The maximum atomic E-state index is 12.1. The van der Waals surface area contributed by atoms with Crippen molar-refractivity contribution in [2.75, 3.05) is 18.9 Å². The van der Waals surface area contributed by atoms with Gasteiger partial charge in [0, 0.05) is 19.2 Å². The van der Waals surface area contributed by atoms with Crippen LogP contribution in [-0.2, 0) is 14.6 Å². The number of nitrogens with one attached hydrogen (secondary N) is 1. The fourth-order valence-electron chi connectivity index (χ4n) is 2.61. The molecule has 1 aliphatic rings. The van der Waals surface area contributed by atoms with E-state index in [4.69, 9.17) is 4.74 Å². The predicted molar refractivity (Wildman–Crippen MR) is 79.6 cm³/mol. The van der Waals surface area contributed by atoms with Crippen LogP contribution >= 0.6 is 0 Å². The topological polar surface area (TPSA) is 55.4 Å². The van der Waals surface area contributed by atoms with Crippen LogP contribution in [0.2, 0.25) is 0 Å². The predicted octanol–water partition coefficient (Wildman–Crippen LogP) is 2.31. The molecule has 5 heteroatoms. The molecule has 0 radical (unpaired) electrons. The second-order valence-corrected chi connectivity index (χ2v) is 7.85. The zero-order chi connectivity index (χ0) is 14.8. The van der Waals surface area contributed by atoms with Gasteiger partial charge in [-0.2, -0.15) is 0 Å². The Balaban J connectivity index is 2.16. The average Bonchev–Trinajstić information content (AvgIpc) is 2.38. The van der Waals surface area contributed by atoms with Crippen molar-refractivity contribution in [3.05, 3.63) is 29.8 Å². The third-order valence-corrected chi connectivity index (χ3v) is 5.43. The van der Waals surface area contributed by atoms with Crippen LogP contribution in [-0.4, -0.2) is 32.9 Å². The molecule has 0 amide bonds. The van der Waals surface area contributed by atoms with Crippen LogP contribution in [0.4, 0.5) is 0 Å². The number of hydrogen-bond acceptors (Lipinski definition) is 4. The molecule has 4 nitrogen and oxygen atoms in total. The molecule has 0 spiro atoms. The van der Waals surface area contributed by atoms with E-state index in [0.717, 1.165) is 5.56 Å². The van der Waals surface area contributed by atoms with Crippen molar-refractivity contribution in [3.8, 4) is 0 Å². The normalized spacial score (nSPS) is 21.4. The first-order valence-electron chi connectivity index (χ1n) is 7.05. The molecule has 0 fully saturated rings. The van der Waals surface area contributed by atoms with Gasteiger partial charge in [0.25, 0.3) is 0 Å². The Morgan fingerprint density at radius 3 is 2.75 bits per heavy atom. The molecule has 112 valence electrons. The van der Waals surface area contributed by atoms with E-state index in [1.54, 1.807) is 12.1 Å². The molecule has 1 aromatic rings. The van der Waals surface area contributed by atoms with Gasteiger partial charge < -0.3 is 10.1 Å². The molecule has 1 aliphatic heterocycles. The lowest BCUT2D eigenvalue weighted by Crippen LogP contribution is -2.41.